The molecule has 1 nitrogen and oxygen atoms in total. The third-order valence-corrected chi connectivity index (χ3v) is 2.73. The Morgan fingerprint density at radius 1 is 1.00 bits per heavy atom. The molecule has 0 N–H and O–H groups in total. The second-order valence-electron chi connectivity index (χ2n) is 5.43. The molecule has 2 aromatic rings. The summed E-state index contributed by atoms with van der Waals surface area (Å²) in [5.41, 5.74) is 3.31. The Labute approximate surface area is 144 Å². The van der Waals surface area contributed by atoms with Gasteiger partial charge in [-0.25, -0.2) is 0 Å². The topological polar surface area (TPSA) is 12.4 Å². The molecule has 0 aromatic heterocycles. The average Bonchev–Trinajstić information content (AvgIpc) is 2.46. The van der Waals surface area contributed by atoms with Crippen LogP contribution >= 0.6 is 18.6 Å². The van der Waals surface area contributed by atoms with Crippen molar-refractivity contribution in [2.75, 3.05) is 0 Å². The Balaban J connectivity index is 0.000000677. The number of nitrogens with zero attached hydrogens (tertiary/aromatic N) is 1. The molecule has 0 saturated heterocycles. The monoisotopic (exact) mass is 354 g/mol. The molecule has 2 rings (SSSR count). The third kappa shape index (κ3) is 7.29. The van der Waals surface area contributed by atoms with Gasteiger partial charge in [0.1, 0.15) is 0 Å². The molecular weight excluding hydrogens is 337 g/mol. The van der Waals surface area contributed by atoms with Crippen LogP contribution in [0.5, 0.6) is 0 Å². The molecule has 4 heteroatoms. The maximum atomic E-state index is 4.89. The Hall–Kier alpha value is -0.596. The van der Waals surface area contributed by atoms with E-state index in [1.807, 2.05) is 42.6 Å². The Kier molecular flexibility index (Phi) is 8.28. The van der Waals surface area contributed by atoms with Crippen LogP contribution in [0.1, 0.15) is 31.9 Å². The molecule has 110 valence electrons. The number of halogens is 2. The molecule has 0 heterocycles. The molecule has 0 saturated carbocycles. The fourth-order valence-electron chi connectivity index (χ4n) is 1.66. The average molecular weight is 355 g/mol. The third-order valence-electron chi connectivity index (χ3n) is 2.73. The summed E-state index contributed by atoms with van der Waals surface area (Å²) in [4.78, 5) is 4.44. The zero-order chi connectivity index (χ0) is 15.7. The molecule has 0 atom stereocenters. The van der Waals surface area contributed by atoms with E-state index < -0.39 is 17.0 Å². The molecule has 0 aliphatic heterocycles. The van der Waals surface area contributed by atoms with Crippen molar-refractivity contribution in [1.82, 2.24) is 0 Å². The quantitative estimate of drug-likeness (QED) is 0.361. The molecule has 21 heavy (non-hydrogen) atoms. The van der Waals surface area contributed by atoms with Crippen LogP contribution in [-0.4, -0.2) is 6.21 Å². The van der Waals surface area contributed by atoms with Gasteiger partial charge in [0.25, 0.3) is 0 Å². The second-order valence-corrected chi connectivity index (χ2v) is 8.01. The molecule has 0 aliphatic rings. The van der Waals surface area contributed by atoms with Gasteiger partial charge < -0.3 is 4.99 Å². The molecule has 0 unspecified atom stereocenters. The summed E-state index contributed by atoms with van der Waals surface area (Å²) < 4.78 is 0. The molecule has 0 aliphatic carbocycles. The van der Waals surface area contributed by atoms with E-state index in [0.29, 0.717) is 0 Å². The fraction of sp³-hybridized carbons (Fsp3) is 0.235. The van der Waals surface area contributed by atoms with Crippen LogP contribution in [-0.2, 0) is 22.4 Å². The van der Waals surface area contributed by atoms with E-state index in [1.165, 1.54) is 5.56 Å². The minimum atomic E-state index is -0.556. The van der Waals surface area contributed by atoms with Gasteiger partial charge in [0.15, 0.2) is 0 Å². The number of rotatable bonds is 2. The summed E-state index contributed by atoms with van der Waals surface area (Å²) in [5.74, 6) is 0. The first kappa shape index (κ1) is 18.5. The first-order valence-electron chi connectivity index (χ1n) is 6.55. The van der Waals surface area contributed by atoms with Crippen molar-refractivity contribution in [2.45, 2.75) is 26.2 Å². The van der Waals surface area contributed by atoms with Crippen molar-refractivity contribution in [3.05, 3.63) is 65.7 Å². The summed E-state index contributed by atoms with van der Waals surface area (Å²) in [6.45, 7) is 6.57. The van der Waals surface area contributed by atoms with Crippen LogP contribution in [0.3, 0.4) is 0 Å². The van der Waals surface area contributed by atoms with E-state index in [4.69, 9.17) is 18.6 Å². The molecule has 0 amide bonds. The number of benzene rings is 2. The number of para-hydroxylation sites is 1. The van der Waals surface area contributed by atoms with E-state index in [2.05, 4.69) is 44.0 Å². The first-order chi connectivity index (χ1) is 9.97. The number of hydrogen-bond acceptors (Lipinski definition) is 1. The number of hydrogen-bond donors (Lipinski definition) is 0. The Bertz CT molecular complexity index is 563. The van der Waals surface area contributed by atoms with Gasteiger partial charge in [-0.05, 0) is 23.8 Å². The molecule has 2 aromatic carbocycles. The minimum absolute atomic E-state index is 0.122. The normalized spacial score (nSPS) is 10.9. The molecule has 0 spiro atoms. The maximum absolute atomic E-state index is 4.89. The predicted molar refractivity (Wildman–Crippen MR) is 89.4 cm³/mol. The van der Waals surface area contributed by atoms with Crippen LogP contribution in [0.15, 0.2) is 53.5 Å². The van der Waals surface area contributed by atoms with Gasteiger partial charge >= 0.3 is 35.6 Å². The van der Waals surface area contributed by atoms with Crippen LogP contribution in [0.4, 0.5) is 5.69 Å². The van der Waals surface area contributed by atoms with Crippen LogP contribution in [0, 0.1) is 6.07 Å². The van der Waals surface area contributed by atoms with Crippen molar-refractivity contribution in [2.24, 2.45) is 4.99 Å². The summed E-state index contributed by atoms with van der Waals surface area (Å²) in [7, 11) is 9.78. The van der Waals surface area contributed by atoms with Gasteiger partial charge in [0.2, 0.25) is 0 Å². The summed E-state index contributed by atoms with van der Waals surface area (Å²) in [6.07, 6.45) is 1.87. The standard InChI is InChI=1S/C17H18N.2ClH.Ti/c1-17(2,3)15-9-7-8-14(12-15)13-18-16-10-5-4-6-11-16;;;/h4-11,13H,1-3H3;2*1H;/q-1;;;+2/p-2. The molecule has 0 fully saturated rings. The molecule has 0 bridgehead atoms. The molecular formula is C17H18Cl2NTi-. The van der Waals surface area contributed by atoms with Gasteiger partial charge in [0, 0.05) is 0 Å². The molecule has 0 radical (unpaired) electrons. The zero-order valence-electron chi connectivity index (χ0n) is 12.4. The Morgan fingerprint density at radius 2 is 1.62 bits per heavy atom. The summed E-state index contributed by atoms with van der Waals surface area (Å²) in [6, 6.07) is 19.6. The van der Waals surface area contributed by atoms with Crippen molar-refractivity contribution in [3.8, 4) is 0 Å². The van der Waals surface area contributed by atoms with E-state index in [0.717, 1.165) is 11.3 Å². The van der Waals surface area contributed by atoms with Gasteiger partial charge in [-0.2, -0.15) is 0 Å². The van der Waals surface area contributed by atoms with E-state index in [-0.39, 0.29) is 5.41 Å². The Morgan fingerprint density at radius 3 is 2.19 bits per heavy atom. The van der Waals surface area contributed by atoms with E-state index in [9.17, 15) is 0 Å². The van der Waals surface area contributed by atoms with E-state index in [1.54, 1.807) is 0 Å². The van der Waals surface area contributed by atoms with Gasteiger partial charge in [-0.3, -0.25) is 0 Å². The van der Waals surface area contributed by atoms with E-state index >= 15 is 0 Å². The van der Waals surface area contributed by atoms with Crippen molar-refractivity contribution in [1.29, 1.82) is 0 Å². The summed E-state index contributed by atoms with van der Waals surface area (Å²) >= 11 is -0.556. The van der Waals surface area contributed by atoms with Gasteiger partial charge in [-0.15, -0.1) is 35.4 Å². The van der Waals surface area contributed by atoms with Crippen LogP contribution in [0.25, 0.3) is 0 Å². The summed E-state index contributed by atoms with van der Waals surface area (Å²) in [5, 5.41) is 0. The SMILES string of the molecule is CC(C)(C)c1[c-]c(C=Nc2ccccc2)ccc1.[Cl][Ti][Cl]. The van der Waals surface area contributed by atoms with Crippen molar-refractivity contribution < 1.29 is 17.0 Å². The van der Waals surface area contributed by atoms with Crippen LogP contribution < -0.4 is 0 Å². The van der Waals surface area contributed by atoms with Crippen molar-refractivity contribution in [3.63, 3.8) is 0 Å². The van der Waals surface area contributed by atoms with Gasteiger partial charge in [0.05, 0.1) is 5.69 Å². The van der Waals surface area contributed by atoms with Gasteiger partial charge in [-0.1, -0.05) is 39.0 Å². The van der Waals surface area contributed by atoms with Crippen molar-refractivity contribution >= 4 is 30.5 Å². The second kappa shape index (κ2) is 9.43. The number of aliphatic imine (C=N–C) groups is 1. The van der Waals surface area contributed by atoms with Crippen LogP contribution in [0.2, 0.25) is 0 Å². The fourth-order valence-corrected chi connectivity index (χ4v) is 1.66. The zero-order valence-corrected chi connectivity index (χ0v) is 15.5. The first-order valence-corrected chi connectivity index (χ1v) is 10.9. The predicted octanol–water partition coefficient (Wildman–Crippen LogP) is 5.91.